The lowest BCUT2D eigenvalue weighted by Crippen LogP contribution is -2.37. The molecule has 1 fully saturated rings. The van der Waals surface area contributed by atoms with Crippen molar-refractivity contribution >= 4 is 10.0 Å². The van der Waals surface area contributed by atoms with Gasteiger partial charge in [-0.25, -0.2) is 8.42 Å². The largest absolute Gasteiger partial charge is 0.380 e. The van der Waals surface area contributed by atoms with Crippen LogP contribution in [-0.4, -0.2) is 45.6 Å². The minimum atomic E-state index is -3.46. The number of sulfonamides is 1. The fourth-order valence-electron chi connectivity index (χ4n) is 2.43. The van der Waals surface area contributed by atoms with Crippen LogP contribution in [0.1, 0.15) is 24.5 Å². The summed E-state index contributed by atoms with van der Waals surface area (Å²) in [5.74, 6) is 0. The standard InChI is InChI=1S/C15H24N2O3S/c1-4-16-10-13-9-15(6-5-12(13)2)21(18,19)17(3)14-7-8-20-11-14/h5-6,9,14,16H,4,7-8,10-11H2,1-3H3. The molecule has 0 spiro atoms. The highest BCUT2D eigenvalue weighted by molar-refractivity contribution is 7.89. The summed E-state index contributed by atoms with van der Waals surface area (Å²) in [7, 11) is -1.82. The van der Waals surface area contributed by atoms with E-state index in [4.69, 9.17) is 4.74 Å². The fraction of sp³-hybridized carbons (Fsp3) is 0.600. The predicted octanol–water partition coefficient (Wildman–Crippen LogP) is 1.51. The summed E-state index contributed by atoms with van der Waals surface area (Å²) < 4.78 is 32.1. The SMILES string of the molecule is CCNCc1cc(S(=O)(=O)N(C)C2CCOC2)ccc1C. The molecule has 118 valence electrons. The van der Waals surface area contributed by atoms with Crippen molar-refractivity contribution in [3.63, 3.8) is 0 Å². The molecule has 0 bridgehead atoms. The zero-order chi connectivity index (χ0) is 15.5. The van der Waals surface area contributed by atoms with Gasteiger partial charge < -0.3 is 10.1 Å². The van der Waals surface area contributed by atoms with Crippen LogP contribution in [0.5, 0.6) is 0 Å². The van der Waals surface area contributed by atoms with E-state index in [0.717, 1.165) is 24.1 Å². The maximum absolute atomic E-state index is 12.7. The maximum Gasteiger partial charge on any atom is 0.243 e. The lowest BCUT2D eigenvalue weighted by molar-refractivity contribution is 0.181. The number of hydrogen-bond donors (Lipinski definition) is 1. The highest BCUT2D eigenvalue weighted by Crippen LogP contribution is 2.23. The second kappa shape index (κ2) is 6.87. The van der Waals surface area contributed by atoms with E-state index in [1.807, 2.05) is 19.9 Å². The van der Waals surface area contributed by atoms with Gasteiger partial charge >= 0.3 is 0 Å². The van der Waals surface area contributed by atoms with Gasteiger partial charge in [0.25, 0.3) is 0 Å². The predicted molar refractivity (Wildman–Crippen MR) is 82.7 cm³/mol. The molecular weight excluding hydrogens is 288 g/mol. The number of nitrogens with zero attached hydrogens (tertiary/aromatic N) is 1. The van der Waals surface area contributed by atoms with Crippen molar-refractivity contribution in [2.24, 2.45) is 0 Å². The molecule has 1 unspecified atom stereocenters. The van der Waals surface area contributed by atoms with Gasteiger partial charge in [0.05, 0.1) is 17.5 Å². The van der Waals surface area contributed by atoms with E-state index in [0.29, 0.717) is 24.7 Å². The van der Waals surface area contributed by atoms with E-state index in [9.17, 15) is 8.42 Å². The Balaban J connectivity index is 2.26. The molecule has 1 aliphatic heterocycles. The van der Waals surface area contributed by atoms with Gasteiger partial charge in [0.15, 0.2) is 0 Å². The summed E-state index contributed by atoms with van der Waals surface area (Å²) in [6, 6.07) is 5.28. The van der Waals surface area contributed by atoms with Gasteiger partial charge in [-0.1, -0.05) is 13.0 Å². The molecule has 1 aliphatic rings. The van der Waals surface area contributed by atoms with Crippen LogP contribution >= 0.6 is 0 Å². The molecule has 5 nitrogen and oxygen atoms in total. The highest BCUT2D eigenvalue weighted by atomic mass is 32.2. The van der Waals surface area contributed by atoms with Crippen LogP contribution in [0.2, 0.25) is 0 Å². The lowest BCUT2D eigenvalue weighted by Gasteiger charge is -2.23. The Labute approximate surface area is 127 Å². The second-order valence-corrected chi connectivity index (χ2v) is 7.40. The van der Waals surface area contributed by atoms with E-state index in [1.165, 1.54) is 4.31 Å². The summed E-state index contributed by atoms with van der Waals surface area (Å²) in [5.41, 5.74) is 2.12. The van der Waals surface area contributed by atoms with Crippen molar-refractivity contribution in [2.75, 3.05) is 26.8 Å². The number of aryl methyl sites for hydroxylation is 1. The third-order valence-electron chi connectivity index (χ3n) is 3.98. The van der Waals surface area contributed by atoms with Crippen molar-refractivity contribution in [1.82, 2.24) is 9.62 Å². The monoisotopic (exact) mass is 312 g/mol. The van der Waals surface area contributed by atoms with Crippen LogP contribution in [-0.2, 0) is 21.3 Å². The average molecular weight is 312 g/mol. The number of ether oxygens (including phenoxy) is 1. The zero-order valence-electron chi connectivity index (χ0n) is 12.9. The number of hydrogen-bond acceptors (Lipinski definition) is 4. The van der Waals surface area contributed by atoms with Crippen LogP contribution in [0.4, 0.5) is 0 Å². The summed E-state index contributed by atoms with van der Waals surface area (Å²) in [6.07, 6.45) is 0.756. The Morgan fingerprint density at radius 2 is 2.19 bits per heavy atom. The van der Waals surface area contributed by atoms with Crippen LogP contribution in [0.3, 0.4) is 0 Å². The first kappa shape index (κ1) is 16.4. The van der Waals surface area contributed by atoms with E-state index in [-0.39, 0.29) is 6.04 Å². The fourth-order valence-corrected chi connectivity index (χ4v) is 3.85. The second-order valence-electron chi connectivity index (χ2n) is 5.41. The zero-order valence-corrected chi connectivity index (χ0v) is 13.7. The van der Waals surface area contributed by atoms with Gasteiger partial charge in [0.1, 0.15) is 0 Å². The Kier molecular flexibility index (Phi) is 5.37. The number of benzene rings is 1. The average Bonchev–Trinajstić information content (AvgIpc) is 2.99. The number of rotatable bonds is 6. The third-order valence-corrected chi connectivity index (χ3v) is 5.89. The molecule has 2 rings (SSSR count). The van der Waals surface area contributed by atoms with Crippen molar-refractivity contribution in [3.05, 3.63) is 29.3 Å². The summed E-state index contributed by atoms with van der Waals surface area (Å²) in [6.45, 7) is 6.68. The summed E-state index contributed by atoms with van der Waals surface area (Å²) >= 11 is 0. The van der Waals surface area contributed by atoms with Crippen LogP contribution < -0.4 is 5.32 Å². The molecule has 1 aromatic carbocycles. The van der Waals surface area contributed by atoms with E-state index in [1.54, 1.807) is 19.2 Å². The number of nitrogens with one attached hydrogen (secondary N) is 1. The van der Waals surface area contributed by atoms with E-state index >= 15 is 0 Å². The van der Waals surface area contributed by atoms with Gasteiger partial charge in [-0.2, -0.15) is 4.31 Å². The molecule has 0 aliphatic carbocycles. The molecule has 1 N–H and O–H groups in total. The van der Waals surface area contributed by atoms with Gasteiger partial charge in [-0.05, 0) is 43.1 Å². The first-order valence-electron chi connectivity index (χ1n) is 7.33. The molecule has 21 heavy (non-hydrogen) atoms. The Morgan fingerprint density at radius 1 is 1.43 bits per heavy atom. The highest BCUT2D eigenvalue weighted by Gasteiger charge is 2.30. The van der Waals surface area contributed by atoms with Gasteiger partial charge in [0, 0.05) is 20.2 Å². The summed E-state index contributed by atoms with van der Waals surface area (Å²) in [4.78, 5) is 0.357. The van der Waals surface area contributed by atoms with Crippen LogP contribution in [0.15, 0.2) is 23.1 Å². The summed E-state index contributed by atoms with van der Waals surface area (Å²) in [5, 5.41) is 3.24. The Bertz CT molecular complexity index is 581. The number of likely N-dealkylation sites (N-methyl/N-ethyl adjacent to an activating group) is 1. The molecule has 1 saturated heterocycles. The van der Waals surface area contributed by atoms with Gasteiger partial charge in [-0.15, -0.1) is 0 Å². The van der Waals surface area contributed by atoms with Gasteiger partial charge in [0.2, 0.25) is 10.0 Å². The molecule has 1 heterocycles. The molecule has 1 atom stereocenters. The van der Waals surface area contributed by atoms with Crippen LogP contribution in [0.25, 0.3) is 0 Å². The molecule has 6 heteroatoms. The quantitative estimate of drug-likeness (QED) is 0.865. The van der Waals surface area contributed by atoms with E-state index in [2.05, 4.69) is 5.32 Å². The smallest absolute Gasteiger partial charge is 0.243 e. The molecule has 0 saturated carbocycles. The van der Waals surface area contributed by atoms with Crippen molar-refractivity contribution < 1.29 is 13.2 Å². The molecule has 0 radical (unpaired) electrons. The topological polar surface area (TPSA) is 58.6 Å². The van der Waals surface area contributed by atoms with Crippen molar-refractivity contribution in [3.8, 4) is 0 Å². The Morgan fingerprint density at radius 3 is 2.81 bits per heavy atom. The minimum Gasteiger partial charge on any atom is -0.380 e. The minimum absolute atomic E-state index is 0.0616. The first-order valence-corrected chi connectivity index (χ1v) is 8.77. The van der Waals surface area contributed by atoms with Crippen molar-refractivity contribution in [1.29, 1.82) is 0 Å². The molecule has 0 aromatic heterocycles. The maximum atomic E-state index is 12.7. The third kappa shape index (κ3) is 3.63. The lowest BCUT2D eigenvalue weighted by atomic mass is 10.1. The molecule has 1 aromatic rings. The van der Waals surface area contributed by atoms with Crippen molar-refractivity contribution in [2.45, 2.75) is 37.8 Å². The first-order chi connectivity index (χ1) is 9.96. The molecular formula is C15H24N2O3S. The molecule has 0 amide bonds. The van der Waals surface area contributed by atoms with Gasteiger partial charge in [-0.3, -0.25) is 0 Å². The Hall–Kier alpha value is -0.950. The van der Waals surface area contributed by atoms with E-state index < -0.39 is 10.0 Å². The normalized spacial score (nSPS) is 19.3. The van der Waals surface area contributed by atoms with Crippen LogP contribution in [0, 0.1) is 6.92 Å².